The van der Waals surface area contributed by atoms with Crippen LogP contribution in [0.3, 0.4) is 0 Å². The molecule has 1 aromatic carbocycles. The van der Waals surface area contributed by atoms with E-state index >= 15 is 0 Å². The van der Waals surface area contributed by atoms with Gasteiger partial charge in [-0.1, -0.05) is 0 Å². The normalized spacial score (nSPS) is 34.1. The van der Waals surface area contributed by atoms with Crippen molar-refractivity contribution in [2.24, 2.45) is 17.8 Å². The molecule has 0 amide bonds. The standard InChI is InChI=1S/C20H22O3S/c21-16-1-2-17-15(6-19(22)23-18(17)7-16)11-24-20-8-12-3-13(9-20)5-14(4-12)10-20/h1-2,6-7,12-14,21H,3-5,8-11H2. The van der Waals surface area contributed by atoms with Crippen LogP contribution in [0.2, 0.25) is 0 Å². The Kier molecular flexibility index (Phi) is 3.28. The number of phenols is 1. The van der Waals surface area contributed by atoms with Gasteiger partial charge in [0, 0.05) is 28.0 Å². The van der Waals surface area contributed by atoms with Gasteiger partial charge in [-0.15, -0.1) is 0 Å². The minimum atomic E-state index is -0.325. The highest BCUT2D eigenvalue weighted by Crippen LogP contribution is 2.61. The number of hydrogen-bond donors (Lipinski definition) is 1. The summed E-state index contributed by atoms with van der Waals surface area (Å²) in [4.78, 5) is 11.9. The van der Waals surface area contributed by atoms with Crippen molar-refractivity contribution in [1.82, 2.24) is 0 Å². The van der Waals surface area contributed by atoms with Crippen molar-refractivity contribution in [1.29, 1.82) is 0 Å². The minimum Gasteiger partial charge on any atom is -0.508 e. The smallest absolute Gasteiger partial charge is 0.336 e. The maximum Gasteiger partial charge on any atom is 0.336 e. The van der Waals surface area contributed by atoms with E-state index in [1.54, 1.807) is 12.1 Å². The summed E-state index contributed by atoms with van der Waals surface area (Å²) in [6, 6.07) is 6.70. The average Bonchev–Trinajstić information content (AvgIpc) is 2.51. The van der Waals surface area contributed by atoms with E-state index in [2.05, 4.69) is 11.8 Å². The fourth-order valence-corrected chi connectivity index (χ4v) is 7.54. The number of rotatable bonds is 3. The van der Waals surface area contributed by atoms with Crippen LogP contribution in [0, 0.1) is 17.8 Å². The first-order chi connectivity index (χ1) is 11.6. The fraction of sp³-hybridized carbons (Fsp3) is 0.550. The molecule has 0 aliphatic heterocycles. The fourth-order valence-electron chi connectivity index (χ4n) is 5.78. The highest BCUT2D eigenvalue weighted by Gasteiger charge is 2.51. The van der Waals surface area contributed by atoms with Crippen LogP contribution < -0.4 is 5.63 Å². The van der Waals surface area contributed by atoms with Crippen molar-refractivity contribution in [2.75, 3.05) is 0 Å². The molecule has 4 aliphatic carbocycles. The topological polar surface area (TPSA) is 50.4 Å². The Bertz CT molecular complexity index is 818. The number of hydrogen-bond acceptors (Lipinski definition) is 4. The van der Waals surface area contributed by atoms with Gasteiger partial charge < -0.3 is 9.52 Å². The molecular weight excluding hydrogens is 320 g/mol. The SMILES string of the molecule is O=c1cc(CSC23CC4CC(CC(C4)C2)C3)c2ccc(O)cc2o1. The van der Waals surface area contributed by atoms with Crippen LogP contribution in [0.5, 0.6) is 5.75 Å². The third-order valence-electron chi connectivity index (χ3n) is 6.33. The van der Waals surface area contributed by atoms with Crippen LogP contribution in [0.25, 0.3) is 11.0 Å². The van der Waals surface area contributed by atoms with Crippen LogP contribution in [-0.2, 0) is 5.75 Å². The highest BCUT2D eigenvalue weighted by atomic mass is 32.2. The number of phenolic OH excluding ortho intramolecular Hbond substituents is 1. The molecule has 126 valence electrons. The molecule has 4 aliphatic rings. The zero-order valence-electron chi connectivity index (χ0n) is 13.7. The molecule has 1 heterocycles. The van der Waals surface area contributed by atoms with Gasteiger partial charge in [-0.05, 0) is 74.0 Å². The predicted molar refractivity (Wildman–Crippen MR) is 96.3 cm³/mol. The monoisotopic (exact) mass is 342 g/mol. The summed E-state index contributed by atoms with van der Waals surface area (Å²) in [6.07, 6.45) is 8.46. The van der Waals surface area contributed by atoms with Gasteiger partial charge in [-0.3, -0.25) is 0 Å². The molecule has 24 heavy (non-hydrogen) atoms. The lowest BCUT2D eigenvalue weighted by Gasteiger charge is -2.56. The first kappa shape index (κ1) is 14.9. The van der Waals surface area contributed by atoms with Gasteiger partial charge in [0.25, 0.3) is 0 Å². The summed E-state index contributed by atoms with van der Waals surface area (Å²) in [5.74, 6) is 3.82. The van der Waals surface area contributed by atoms with Gasteiger partial charge in [0.15, 0.2) is 0 Å². The molecule has 2 aromatic rings. The summed E-state index contributed by atoms with van der Waals surface area (Å²) in [5, 5.41) is 10.6. The summed E-state index contributed by atoms with van der Waals surface area (Å²) < 4.78 is 5.69. The van der Waals surface area contributed by atoms with E-state index in [-0.39, 0.29) is 11.4 Å². The number of aromatic hydroxyl groups is 1. The maximum absolute atomic E-state index is 11.9. The van der Waals surface area contributed by atoms with Gasteiger partial charge in [-0.2, -0.15) is 11.8 Å². The largest absolute Gasteiger partial charge is 0.508 e. The zero-order chi connectivity index (χ0) is 16.3. The molecule has 4 saturated carbocycles. The molecule has 0 spiro atoms. The Balaban J connectivity index is 1.44. The first-order valence-electron chi connectivity index (χ1n) is 8.98. The van der Waals surface area contributed by atoms with E-state index in [1.165, 1.54) is 44.6 Å². The molecular formula is C20H22O3S. The van der Waals surface area contributed by atoms with Crippen LogP contribution in [0.15, 0.2) is 33.5 Å². The molecule has 0 unspecified atom stereocenters. The van der Waals surface area contributed by atoms with Crippen molar-refractivity contribution < 1.29 is 9.52 Å². The number of fused-ring (bicyclic) bond motifs is 1. The zero-order valence-corrected chi connectivity index (χ0v) is 14.5. The van der Waals surface area contributed by atoms with E-state index in [1.807, 2.05) is 6.07 Å². The van der Waals surface area contributed by atoms with Crippen molar-refractivity contribution in [3.63, 3.8) is 0 Å². The second-order valence-electron chi connectivity index (χ2n) is 8.16. The summed E-state index contributed by atoms with van der Waals surface area (Å²) in [6.45, 7) is 0. The second-order valence-corrected chi connectivity index (χ2v) is 9.60. The highest BCUT2D eigenvalue weighted by molar-refractivity contribution is 7.99. The minimum absolute atomic E-state index is 0.136. The Morgan fingerprint density at radius 1 is 1.08 bits per heavy atom. The first-order valence-corrected chi connectivity index (χ1v) is 9.97. The molecule has 1 aromatic heterocycles. The average molecular weight is 342 g/mol. The molecule has 0 radical (unpaired) electrons. The quantitative estimate of drug-likeness (QED) is 0.821. The molecule has 3 nitrogen and oxygen atoms in total. The molecule has 4 fully saturated rings. The molecule has 6 rings (SSSR count). The number of thioether (sulfide) groups is 1. The summed E-state index contributed by atoms with van der Waals surface area (Å²) in [5.41, 5.74) is 1.21. The molecule has 4 heteroatoms. The van der Waals surface area contributed by atoms with E-state index < -0.39 is 0 Å². The van der Waals surface area contributed by atoms with Gasteiger partial charge in [0.2, 0.25) is 0 Å². The molecule has 1 N–H and O–H groups in total. The molecule has 0 atom stereocenters. The third-order valence-corrected chi connectivity index (χ3v) is 7.90. The maximum atomic E-state index is 11.9. The summed E-state index contributed by atoms with van der Waals surface area (Å²) in [7, 11) is 0. The van der Waals surface area contributed by atoms with E-state index in [0.29, 0.717) is 10.3 Å². The Morgan fingerprint density at radius 3 is 2.42 bits per heavy atom. The lowest BCUT2D eigenvalue weighted by Crippen LogP contribution is -2.48. The van der Waals surface area contributed by atoms with Crippen molar-refractivity contribution in [3.05, 3.63) is 40.2 Å². The Hall–Kier alpha value is -1.42. The van der Waals surface area contributed by atoms with E-state index in [9.17, 15) is 9.90 Å². The van der Waals surface area contributed by atoms with E-state index in [0.717, 1.165) is 34.5 Å². The van der Waals surface area contributed by atoms with Crippen LogP contribution in [-0.4, -0.2) is 9.85 Å². The van der Waals surface area contributed by atoms with Crippen molar-refractivity contribution in [2.45, 2.75) is 49.0 Å². The van der Waals surface area contributed by atoms with Crippen molar-refractivity contribution in [3.8, 4) is 5.75 Å². The molecule has 0 saturated heterocycles. The lowest BCUT2D eigenvalue weighted by molar-refractivity contribution is 0.0383. The third kappa shape index (κ3) is 2.46. The van der Waals surface area contributed by atoms with Crippen molar-refractivity contribution >= 4 is 22.7 Å². The van der Waals surface area contributed by atoms with Gasteiger partial charge in [0.1, 0.15) is 11.3 Å². The van der Waals surface area contributed by atoms with Crippen LogP contribution >= 0.6 is 11.8 Å². The van der Waals surface area contributed by atoms with Gasteiger partial charge >= 0.3 is 5.63 Å². The van der Waals surface area contributed by atoms with Crippen LogP contribution in [0.1, 0.15) is 44.1 Å². The van der Waals surface area contributed by atoms with Crippen LogP contribution in [0.4, 0.5) is 0 Å². The van der Waals surface area contributed by atoms with E-state index in [4.69, 9.17) is 4.42 Å². The Labute approximate surface area is 145 Å². The number of benzene rings is 1. The Morgan fingerprint density at radius 2 is 1.75 bits per heavy atom. The molecule has 4 bridgehead atoms. The lowest BCUT2D eigenvalue weighted by atomic mass is 9.56. The predicted octanol–water partition coefficient (Wildman–Crippen LogP) is 4.70. The van der Waals surface area contributed by atoms with Gasteiger partial charge in [-0.25, -0.2) is 4.79 Å². The second kappa shape index (κ2) is 5.29. The van der Waals surface area contributed by atoms with Gasteiger partial charge in [0.05, 0.1) is 0 Å². The summed E-state index contributed by atoms with van der Waals surface area (Å²) >= 11 is 2.07.